The monoisotopic (exact) mass is 242 g/mol. The Bertz CT molecular complexity index is 244. The molecule has 0 bridgehead atoms. The zero-order chi connectivity index (χ0) is 12.8. The van der Waals surface area contributed by atoms with Crippen LogP contribution in [-0.2, 0) is 4.79 Å². The second-order valence-electron chi connectivity index (χ2n) is 5.25. The van der Waals surface area contributed by atoms with Crippen LogP contribution in [0.25, 0.3) is 0 Å². The summed E-state index contributed by atoms with van der Waals surface area (Å²) < 4.78 is 0. The maximum absolute atomic E-state index is 12.0. The molecular formula is C13H26N2O2. The van der Waals surface area contributed by atoms with E-state index in [1.165, 1.54) is 6.42 Å². The van der Waals surface area contributed by atoms with Gasteiger partial charge in [-0.25, -0.2) is 0 Å². The third-order valence-corrected chi connectivity index (χ3v) is 3.72. The molecule has 17 heavy (non-hydrogen) atoms. The maximum Gasteiger partial charge on any atom is 0.236 e. The highest BCUT2D eigenvalue weighted by Gasteiger charge is 2.24. The molecule has 1 aliphatic heterocycles. The van der Waals surface area contributed by atoms with E-state index in [0.29, 0.717) is 6.54 Å². The summed E-state index contributed by atoms with van der Waals surface area (Å²) in [5, 5.41) is 9.38. The molecule has 0 radical (unpaired) electrons. The third kappa shape index (κ3) is 4.28. The SMILES string of the molecule is CC(C)N(C)C(=O)CN1CCCCCC1CO. The van der Waals surface area contributed by atoms with E-state index in [-0.39, 0.29) is 24.6 Å². The summed E-state index contributed by atoms with van der Waals surface area (Å²) in [5.74, 6) is 0.153. The van der Waals surface area contributed by atoms with E-state index >= 15 is 0 Å². The van der Waals surface area contributed by atoms with Crippen molar-refractivity contribution in [2.75, 3.05) is 26.7 Å². The van der Waals surface area contributed by atoms with Gasteiger partial charge in [0, 0.05) is 19.1 Å². The molecule has 1 rings (SSSR count). The largest absolute Gasteiger partial charge is 0.395 e. The molecule has 1 atom stereocenters. The fourth-order valence-electron chi connectivity index (χ4n) is 2.22. The minimum atomic E-state index is 0.153. The van der Waals surface area contributed by atoms with Crippen molar-refractivity contribution < 1.29 is 9.90 Å². The Labute approximate surface area is 105 Å². The molecule has 0 aromatic carbocycles. The van der Waals surface area contributed by atoms with Gasteiger partial charge in [-0.05, 0) is 33.2 Å². The van der Waals surface area contributed by atoms with Crippen LogP contribution in [0.2, 0.25) is 0 Å². The van der Waals surface area contributed by atoms with Gasteiger partial charge < -0.3 is 10.0 Å². The van der Waals surface area contributed by atoms with Crippen molar-refractivity contribution in [2.45, 2.75) is 51.6 Å². The van der Waals surface area contributed by atoms with E-state index in [1.54, 1.807) is 4.90 Å². The predicted octanol–water partition coefficient (Wildman–Crippen LogP) is 1.09. The fourth-order valence-corrected chi connectivity index (χ4v) is 2.22. The van der Waals surface area contributed by atoms with E-state index in [1.807, 2.05) is 20.9 Å². The van der Waals surface area contributed by atoms with E-state index in [0.717, 1.165) is 25.8 Å². The van der Waals surface area contributed by atoms with Crippen molar-refractivity contribution in [1.29, 1.82) is 0 Å². The molecule has 1 aliphatic rings. The molecule has 1 unspecified atom stereocenters. The molecule has 0 aliphatic carbocycles. The molecule has 0 aromatic heterocycles. The lowest BCUT2D eigenvalue weighted by atomic mass is 10.1. The summed E-state index contributed by atoms with van der Waals surface area (Å²) in [6, 6.07) is 0.407. The van der Waals surface area contributed by atoms with E-state index in [9.17, 15) is 9.90 Å². The molecule has 1 N–H and O–H groups in total. The Kier molecular flexibility index (Phi) is 5.92. The average molecular weight is 242 g/mol. The number of hydrogen-bond donors (Lipinski definition) is 1. The maximum atomic E-state index is 12.0. The second kappa shape index (κ2) is 6.97. The molecule has 1 saturated heterocycles. The van der Waals surface area contributed by atoms with Gasteiger partial charge in [0.05, 0.1) is 13.2 Å². The first-order valence-corrected chi connectivity index (χ1v) is 6.66. The first kappa shape index (κ1) is 14.5. The van der Waals surface area contributed by atoms with Crippen LogP contribution >= 0.6 is 0 Å². The van der Waals surface area contributed by atoms with Crippen LogP contribution in [0.15, 0.2) is 0 Å². The highest BCUT2D eigenvalue weighted by Crippen LogP contribution is 2.16. The Morgan fingerprint density at radius 2 is 2.12 bits per heavy atom. The summed E-state index contributed by atoms with van der Waals surface area (Å²) in [4.78, 5) is 16.0. The van der Waals surface area contributed by atoms with Gasteiger partial charge in [-0.3, -0.25) is 9.69 Å². The standard InChI is InChI=1S/C13H26N2O2/c1-11(2)14(3)13(17)9-15-8-6-4-5-7-12(15)10-16/h11-12,16H,4-10H2,1-3H3. The Morgan fingerprint density at radius 1 is 1.41 bits per heavy atom. The predicted molar refractivity (Wildman–Crippen MR) is 68.8 cm³/mol. The van der Waals surface area contributed by atoms with E-state index in [2.05, 4.69) is 4.90 Å². The lowest BCUT2D eigenvalue weighted by Crippen LogP contribution is -2.46. The van der Waals surface area contributed by atoms with Gasteiger partial charge in [-0.1, -0.05) is 12.8 Å². The topological polar surface area (TPSA) is 43.8 Å². The van der Waals surface area contributed by atoms with Crippen molar-refractivity contribution in [3.8, 4) is 0 Å². The average Bonchev–Trinajstić information content (AvgIpc) is 2.52. The quantitative estimate of drug-likeness (QED) is 0.802. The third-order valence-electron chi connectivity index (χ3n) is 3.72. The van der Waals surface area contributed by atoms with Gasteiger partial charge in [0.15, 0.2) is 0 Å². The van der Waals surface area contributed by atoms with Crippen molar-refractivity contribution in [1.82, 2.24) is 9.80 Å². The van der Waals surface area contributed by atoms with Crippen LogP contribution in [0.4, 0.5) is 0 Å². The molecule has 0 saturated carbocycles. The number of hydrogen-bond acceptors (Lipinski definition) is 3. The molecule has 0 aromatic rings. The molecule has 0 spiro atoms. The highest BCUT2D eigenvalue weighted by atomic mass is 16.3. The van der Waals surface area contributed by atoms with Gasteiger partial charge in [0.25, 0.3) is 0 Å². The van der Waals surface area contributed by atoms with Crippen molar-refractivity contribution in [3.05, 3.63) is 0 Å². The minimum absolute atomic E-state index is 0.153. The summed E-state index contributed by atoms with van der Waals surface area (Å²) in [6.07, 6.45) is 4.52. The van der Waals surface area contributed by atoms with E-state index in [4.69, 9.17) is 0 Å². The van der Waals surface area contributed by atoms with Crippen molar-refractivity contribution in [3.63, 3.8) is 0 Å². The number of carbonyl (C=O) groups is 1. The van der Waals surface area contributed by atoms with Crippen LogP contribution in [0.1, 0.15) is 39.5 Å². The van der Waals surface area contributed by atoms with Gasteiger partial charge in [-0.2, -0.15) is 0 Å². The Morgan fingerprint density at radius 3 is 2.71 bits per heavy atom. The van der Waals surface area contributed by atoms with Gasteiger partial charge in [-0.15, -0.1) is 0 Å². The Balaban J connectivity index is 2.54. The van der Waals surface area contributed by atoms with E-state index < -0.39 is 0 Å². The van der Waals surface area contributed by atoms with Crippen LogP contribution in [0, 0.1) is 0 Å². The number of likely N-dealkylation sites (N-methyl/N-ethyl adjacent to an activating group) is 1. The summed E-state index contributed by atoms with van der Waals surface area (Å²) in [5.41, 5.74) is 0. The van der Waals surface area contributed by atoms with Crippen molar-refractivity contribution in [2.24, 2.45) is 0 Å². The zero-order valence-corrected chi connectivity index (χ0v) is 11.4. The van der Waals surface area contributed by atoms with Crippen LogP contribution in [-0.4, -0.2) is 59.6 Å². The fraction of sp³-hybridized carbons (Fsp3) is 0.923. The lowest BCUT2D eigenvalue weighted by molar-refractivity contribution is -0.133. The number of nitrogens with zero attached hydrogens (tertiary/aromatic N) is 2. The number of rotatable bonds is 4. The normalized spacial score (nSPS) is 22.5. The first-order chi connectivity index (χ1) is 8.06. The number of likely N-dealkylation sites (tertiary alicyclic amines) is 1. The van der Waals surface area contributed by atoms with Crippen LogP contribution in [0.5, 0.6) is 0 Å². The molecule has 1 amide bonds. The lowest BCUT2D eigenvalue weighted by Gasteiger charge is -2.30. The van der Waals surface area contributed by atoms with Crippen LogP contribution in [0.3, 0.4) is 0 Å². The number of aliphatic hydroxyl groups excluding tert-OH is 1. The first-order valence-electron chi connectivity index (χ1n) is 6.66. The van der Waals surface area contributed by atoms with Gasteiger partial charge in [0.1, 0.15) is 0 Å². The van der Waals surface area contributed by atoms with Gasteiger partial charge in [0.2, 0.25) is 5.91 Å². The van der Waals surface area contributed by atoms with Crippen molar-refractivity contribution >= 4 is 5.91 Å². The number of aliphatic hydroxyl groups is 1. The highest BCUT2D eigenvalue weighted by molar-refractivity contribution is 5.78. The molecule has 1 heterocycles. The molecule has 4 heteroatoms. The van der Waals surface area contributed by atoms with Crippen LogP contribution < -0.4 is 0 Å². The zero-order valence-electron chi connectivity index (χ0n) is 11.4. The Hall–Kier alpha value is -0.610. The molecular weight excluding hydrogens is 216 g/mol. The van der Waals surface area contributed by atoms with Gasteiger partial charge >= 0.3 is 0 Å². The number of carbonyl (C=O) groups excluding carboxylic acids is 1. The number of amides is 1. The summed E-state index contributed by atoms with van der Waals surface area (Å²) in [7, 11) is 1.85. The minimum Gasteiger partial charge on any atom is -0.395 e. The summed E-state index contributed by atoms with van der Waals surface area (Å²) in [6.45, 7) is 5.58. The molecule has 1 fully saturated rings. The second-order valence-corrected chi connectivity index (χ2v) is 5.25. The molecule has 100 valence electrons. The summed E-state index contributed by atoms with van der Waals surface area (Å²) >= 11 is 0. The molecule has 4 nitrogen and oxygen atoms in total. The smallest absolute Gasteiger partial charge is 0.236 e.